The van der Waals surface area contributed by atoms with E-state index in [1.165, 1.54) is 0 Å². The second-order valence-corrected chi connectivity index (χ2v) is 7.42. The predicted molar refractivity (Wildman–Crippen MR) is 89.3 cm³/mol. The van der Waals surface area contributed by atoms with Gasteiger partial charge in [0.25, 0.3) is 0 Å². The van der Waals surface area contributed by atoms with Gasteiger partial charge in [-0.2, -0.15) is 0 Å². The monoisotopic (exact) mass is 424 g/mol. The average Bonchev–Trinajstić information content (AvgIpc) is 2.61. The number of amides is 1. The Morgan fingerprint density at radius 2 is 2.10 bits per heavy atom. The number of nitrogens with one attached hydrogen (secondary N) is 2. The molecule has 1 aromatic heterocycles. The average molecular weight is 426 g/mol. The first-order valence-electron chi connectivity index (χ1n) is 6.81. The summed E-state index contributed by atoms with van der Waals surface area (Å²) in [6, 6.07) is 1.96. The first-order valence-corrected chi connectivity index (χ1v) is 8.40. The van der Waals surface area contributed by atoms with Gasteiger partial charge >= 0.3 is 6.09 Å². The third kappa shape index (κ3) is 7.87. The zero-order valence-corrected chi connectivity index (χ0v) is 15.9. The molecule has 7 heteroatoms. The van der Waals surface area contributed by atoms with E-state index in [1.54, 1.807) is 0 Å². The van der Waals surface area contributed by atoms with Crippen LogP contribution in [-0.4, -0.2) is 24.3 Å². The van der Waals surface area contributed by atoms with Gasteiger partial charge in [0.15, 0.2) is 4.67 Å². The van der Waals surface area contributed by atoms with Gasteiger partial charge in [0, 0.05) is 6.04 Å². The first kappa shape index (κ1) is 18.5. The van der Waals surface area contributed by atoms with Crippen LogP contribution in [0.1, 0.15) is 39.9 Å². The number of carbonyl (C=O) groups excluding carboxylic acids is 1. The van der Waals surface area contributed by atoms with E-state index in [0.717, 1.165) is 23.2 Å². The number of halogens is 2. The van der Waals surface area contributed by atoms with Crippen LogP contribution in [-0.2, 0) is 11.3 Å². The molecule has 0 saturated heterocycles. The largest absolute Gasteiger partial charge is 0.452 e. The van der Waals surface area contributed by atoms with Crippen LogP contribution in [0.25, 0.3) is 0 Å². The lowest BCUT2D eigenvalue weighted by atomic mass is 10.2. The first-order chi connectivity index (χ1) is 9.67. The minimum absolute atomic E-state index is 0.0439. The molecular formula is C14H22Br2N2O3. The van der Waals surface area contributed by atoms with Crippen molar-refractivity contribution in [2.75, 3.05) is 6.54 Å². The zero-order chi connectivity index (χ0) is 16.0. The summed E-state index contributed by atoms with van der Waals surface area (Å²) < 4.78 is 12.3. The van der Waals surface area contributed by atoms with Crippen molar-refractivity contribution in [3.8, 4) is 0 Å². The fourth-order valence-corrected chi connectivity index (χ4v) is 2.25. The molecule has 1 rings (SSSR count). The van der Waals surface area contributed by atoms with Crippen molar-refractivity contribution >= 4 is 38.0 Å². The highest BCUT2D eigenvalue weighted by molar-refractivity contribution is 9.13. The summed E-state index contributed by atoms with van der Waals surface area (Å²) in [5.41, 5.74) is -0.470. The Morgan fingerprint density at radius 3 is 2.62 bits per heavy atom. The van der Waals surface area contributed by atoms with Crippen molar-refractivity contribution in [1.29, 1.82) is 0 Å². The van der Waals surface area contributed by atoms with Crippen LogP contribution < -0.4 is 10.6 Å². The number of hydrogen-bond acceptors (Lipinski definition) is 4. The van der Waals surface area contributed by atoms with Crippen molar-refractivity contribution in [1.82, 2.24) is 10.6 Å². The molecule has 0 radical (unpaired) electrons. The van der Waals surface area contributed by atoms with Crippen molar-refractivity contribution in [2.24, 2.45) is 0 Å². The quantitative estimate of drug-likeness (QED) is 0.670. The second kappa shape index (κ2) is 8.19. The third-order valence-corrected chi connectivity index (χ3v) is 4.22. The van der Waals surface area contributed by atoms with Gasteiger partial charge in [-0.25, -0.2) is 4.79 Å². The summed E-state index contributed by atoms with van der Waals surface area (Å²) in [4.78, 5) is 11.6. The maximum absolute atomic E-state index is 11.6. The molecule has 1 heterocycles. The molecule has 0 saturated carbocycles. The maximum atomic E-state index is 11.6. The molecule has 0 aliphatic carbocycles. The van der Waals surface area contributed by atoms with Crippen LogP contribution in [0, 0.1) is 0 Å². The summed E-state index contributed by atoms with van der Waals surface area (Å²) in [5.74, 6) is 0.849. The lowest BCUT2D eigenvalue weighted by molar-refractivity contribution is 0.0506. The summed E-state index contributed by atoms with van der Waals surface area (Å²) in [7, 11) is 0. The van der Waals surface area contributed by atoms with Gasteiger partial charge in [-0.15, -0.1) is 0 Å². The molecule has 0 aromatic carbocycles. The molecule has 0 aliphatic heterocycles. The molecule has 0 spiro atoms. The Labute approximate surface area is 142 Å². The van der Waals surface area contributed by atoms with Crippen LogP contribution in [0.4, 0.5) is 4.79 Å². The molecular weight excluding hydrogens is 404 g/mol. The Morgan fingerprint density at radius 1 is 1.43 bits per heavy atom. The maximum Gasteiger partial charge on any atom is 0.407 e. The van der Waals surface area contributed by atoms with Crippen LogP contribution in [0.5, 0.6) is 0 Å². The van der Waals surface area contributed by atoms with Gasteiger partial charge < -0.3 is 19.8 Å². The van der Waals surface area contributed by atoms with E-state index in [0.29, 0.717) is 11.2 Å². The third-order valence-electron chi connectivity index (χ3n) is 2.51. The van der Waals surface area contributed by atoms with Crippen LogP contribution in [0.3, 0.4) is 0 Å². The molecule has 0 aliphatic rings. The summed E-state index contributed by atoms with van der Waals surface area (Å²) in [6.07, 6.45) is 0.427. The van der Waals surface area contributed by atoms with Crippen LogP contribution in [0.15, 0.2) is 19.6 Å². The van der Waals surface area contributed by atoms with Gasteiger partial charge in [-0.3, -0.25) is 0 Å². The molecule has 1 amide bonds. The highest BCUT2D eigenvalue weighted by atomic mass is 79.9. The fourth-order valence-electron chi connectivity index (χ4n) is 1.59. The molecule has 1 atom stereocenters. The second-order valence-electron chi connectivity index (χ2n) is 5.85. The lowest BCUT2D eigenvalue weighted by Crippen LogP contribution is -2.38. The molecule has 1 unspecified atom stereocenters. The molecule has 2 N–H and O–H groups in total. The van der Waals surface area contributed by atoms with E-state index >= 15 is 0 Å². The molecule has 5 nitrogen and oxygen atoms in total. The summed E-state index contributed by atoms with van der Waals surface area (Å²) in [6.45, 7) is 8.90. The smallest absolute Gasteiger partial charge is 0.407 e. The SMILES string of the molecule is CC(CCNCc1cc(Br)c(Br)o1)NC(=O)OC(C)(C)C. The molecule has 0 fully saturated rings. The van der Waals surface area contributed by atoms with Gasteiger partial charge in [-0.05, 0) is 78.6 Å². The molecule has 0 bridgehead atoms. The lowest BCUT2D eigenvalue weighted by Gasteiger charge is -2.22. The number of carbonyl (C=O) groups is 1. The number of hydrogen-bond donors (Lipinski definition) is 2. The van der Waals surface area contributed by atoms with Crippen LogP contribution in [0.2, 0.25) is 0 Å². The summed E-state index contributed by atoms with van der Waals surface area (Å²) in [5, 5.41) is 6.08. The Hall–Kier alpha value is -0.530. The minimum Gasteiger partial charge on any atom is -0.452 e. The number of alkyl carbamates (subject to hydrolysis) is 1. The standard InChI is InChI=1S/C14H22Br2N2O3/c1-9(18-13(19)21-14(2,3)4)5-6-17-8-10-7-11(15)12(16)20-10/h7,9,17H,5-6,8H2,1-4H3,(H,18,19). The van der Waals surface area contributed by atoms with Gasteiger partial charge in [0.2, 0.25) is 0 Å². The van der Waals surface area contributed by atoms with E-state index in [9.17, 15) is 4.79 Å². The molecule has 120 valence electrons. The molecule has 21 heavy (non-hydrogen) atoms. The Kier molecular flexibility index (Phi) is 7.23. The predicted octanol–water partition coefficient (Wildman–Crippen LogP) is 4.20. The highest BCUT2D eigenvalue weighted by Gasteiger charge is 2.17. The van der Waals surface area contributed by atoms with Gasteiger partial charge in [0.05, 0.1) is 11.0 Å². The van der Waals surface area contributed by atoms with E-state index in [-0.39, 0.29) is 12.1 Å². The number of rotatable bonds is 6. The highest BCUT2D eigenvalue weighted by Crippen LogP contribution is 2.26. The van der Waals surface area contributed by atoms with E-state index < -0.39 is 5.60 Å². The van der Waals surface area contributed by atoms with Crippen molar-refractivity contribution in [3.63, 3.8) is 0 Å². The fraction of sp³-hybridized carbons (Fsp3) is 0.643. The van der Waals surface area contributed by atoms with Crippen molar-refractivity contribution in [2.45, 2.75) is 52.3 Å². The van der Waals surface area contributed by atoms with Crippen LogP contribution >= 0.6 is 31.9 Å². The Balaban J connectivity index is 2.18. The normalized spacial score (nSPS) is 13.0. The summed E-state index contributed by atoms with van der Waals surface area (Å²) >= 11 is 6.67. The number of furan rings is 1. The van der Waals surface area contributed by atoms with Gasteiger partial charge in [0.1, 0.15) is 11.4 Å². The zero-order valence-electron chi connectivity index (χ0n) is 12.8. The molecule has 1 aromatic rings. The van der Waals surface area contributed by atoms with E-state index in [1.807, 2.05) is 33.8 Å². The van der Waals surface area contributed by atoms with E-state index in [2.05, 4.69) is 42.5 Å². The van der Waals surface area contributed by atoms with Crippen molar-refractivity contribution in [3.05, 3.63) is 21.0 Å². The van der Waals surface area contributed by atoms with Gasteiger partial charge in [-0.1, -0.05) is 0 Å². The van der Waals surface area contributed by atoms with E-state index in [4.69, 9.17) is 9.15 Å². The number of ether oxygens (including phenoxy) is 1. The Bertz CT molecular complexity index is 450. The minimum atomic E-state index is -0.470. The topological polar surface area (TPSA) is 63.5 Å². The van der Waals surface area contributed by atoms with Crippen molar-refractivity contribution < 1.29 is 13.9 Å².